The van der Waals surface area contributed by atoms with Crippen LogP contribution in [0.25, 0.3) is 0 Å². The van der Waals surface area contributed by atoms with Crippen molar-refractivity contribution in [2.24, 2.45) is 9.51 Å². The molecule has 1 aliphatic heterocycles. The first kappa shape index (κ1) is 8.89. The van der Waals surface area contributed by atoms with E-state index in [2.05, 4.69) is 9.51 Å². The molecule has 0 aromatic rings. The van der Waals surface area contributed by atoms with Crippen molar-refractivity contribution < 1.29 is 0 Å². The lowest BCUT2D eigenvalue weighted by Gasteiger charge is -2.05. The number of halogens is 4. The Labute approximate surface area is 77.5 Å². The van der Waals surface area contributed by atoms with E-state index in [4.69, 9.17) is 45.7 Å². The van der Waals surface area contributed by atoms with Crippen LogP contribution in [-0.2, 0) is 0 Å². The van der Waals surface area contributed by atoms with E-state index < -0.39 is 5.91 Å². The fourth-order valence-electron chi connectivity index (χ4n) is 0.408. The molecule has 1 rings (SSSR count). The molecule has 0 fully saturated rings. The maximum atomic E-state index is 5.57. The standard InChI is InChI=1S/C3HCl4N2P/c4-2-1-3(5)9-10(6,7)8-2/h1H. The molecule has 0 aliphatic carbocycles. The molecule has 0 bridgehead atoms. The lowest BCUT2D eigenvalue weighted by Crippen LogP contribution is -1.83. The third-order valence-electron chi connectivity index (χ3n) is 0.670. The summed E-state index contributed by atoms with van der Waals surface area (Å²) in [6.45, 7) is 0. The Morgan fingerprint density at radius 2 is 1.90 bits per heavy atom. The average Bonchev–Trinajstić information content (AvgIpc) is 1.54. The molecule has 1 heterocycles. The second kappa shape index (κ2) is 3.04. The van der Waals surface area contributed by atoms with Gasteiger partial charge in [0.2, 0.25) is 0 Å². The van der Waals surface area contributed by atoms with Crippen LogP contribution in [0.2, 0.25) is 0 Å². The van der Waals surface area contributed by atoms with Gasteiger partial charge in [0, 0.05) is 6.08 Å². The van der Waals surface area contributed by atoms with Crippen LogP contribution >= 0.6 is 51.6 Å². The summed E-state index contributed by atoms with van der Waals surface area (Å²) in [6, 6.07) is 0. The molecule has 56 valence electrons. The van der Waals surface area contributed by atoms with Gasteiger partial charge < -0.3 is 0 Å². The smallest absolute Gasteiger partial charge is 0.205 e. The minimum atomic E-state index is -2.62. The van der Waals surface area contributed by atoms with Crippen molar-refractivity contribution >= 4 is 56.8 Å². The van der Waals surface area contributed by atoms with Gasteiger partial charge in [0.05, 0.1) is 0 Å². The van der Waals surface area contributed by atoms with Gasteiger partial charge in [-0.15, -0.1) is 0 Å². The third kappa shape index (κ3) is 2.44. The van der Waals surface area contributed by atoms with Gasteiger partial charge in [-0.25, -0.2) is 9.51 Å². The van der Waals surface area contributed by atoms with E-state index in [0.29, 0.717) is 0 Å². The van der Waals surface area contributed by atoms with Crippen LogP contribution in [0.15, 0.2) is 20.7 Å². The van der Waals surface area contributed by atoms with Crippen LogP contribution < -0.4 is 0 Å². The highest BCUT2D eigenvalue weighted by molar-refractivity contribution is 8.09. The first-order chi connectivity index (χ1) is 4.49. The maximum absolute atomic E-state index is 5.57. The number of hydrogen-bond donors (Lipinski definition) is 0. The van der Waals surface area contributed by atoms with Crippen LogP contribution in [0.4, 0.5) is 0 Å². The van der Waals surface area contributed by atoms with Crippen LogP contribution in [0.3, 0.4) is 0 Å². The first-order valence-electron chi connectivity index (χ1n) is 2.14. The molecule has 0 unspecified atom stereocenters. The topological polar surface area (TPSA) is 24.7 Å². The number of rotatable bonds is 0. The predicted octanol–water partition coefficient (Wildman–Crippen LogP) is 4.14. The highest BCUT2D eigenvalue weighted by Crippen LogP contribution is 2.64. The summed E-state index contributed by atoms with van der Waals surface area (Å²) in [5.74, 6) is -2.62. The molecular weight excluding hydrogens is 237 g/mol. The summed E-state index contributed by atoms with van der Waals surface area (Å²) < 4.78 is 7.32. The van der Waals surface area contributed by atoms with Crippen LogP contribution in [0.1, 0.15) is 0 Å². The van der Waals surface area contributed by atoms with Crippen LogP contribution in [0, 0.1) is 0 Å². The minimum Gasteiger partial charge on any atom is -0.205 e. The summed E-state index contributed by atoms with van der Waals surface area (Å²) in [6.07, 6.45) is 1.38. The first-order valence-corrected chi connectivity index (χ1v) is 6.40. The van der Waals surface area contributed by atoms with Gasteiger partial charge in [-0.2, -0.15) is 0 Å². The van der Waals surface area contributed by atoms with Crippen molar-refractivity contribution in [2.45, 2.75) is 0 Å². The normalized spacial score (nSPS) is 22.8. The van der Waals surface area contributed by atoms with Gasteiger partial charge in [0.15, 0.2) is 0 Å². The highest BCUT2D eigenvalue weighted by atomic mass is 35.9. The van der Waals surface area contributed by atoms with Crippen molar-refractivity contribution in [3.05, 3.63) is 11.2 Å². The molecule has 0 saturated carbocycles. The quantitative estimate of drug-likeness (QED) is 0.447. The number of nitrogens with zero attached hydrogens (tertiary/aromatic N) is 2. The Kier molecular flexibility index (Phi) is 2.70. The lowest BCUT2D eigenvalue weighted by molar-refractivity contribution is 1.54. The van der Waals surface area contributed by atoms with E-state index in [1.807, 2.05) is 0 Å². The van der Waals surface area contributed by atoms with Gasteiger partial charge in [-0.1, -0.05) is 23.2 Å². The molecule has 1 aliphatic rings. The number of allylic oxidation sites excluding steroid dienone is 1. The molecule has 0 aromatic heterocycles. The molecule has 10 heavy (non-hydrogen) atoms. The monoisotopic (exact) mass is 236 g/mol. The van der Waals surface area contributed by atoms with Crippen molar-refractivity contribution in [1.82, 2.24) is 0 Å². The Morgan fingerprint density at radius 3 is 2.30 bits per heavy atom. The van der Waals surface area contributed by atoms with E-state index >= 15 is 0 Å². The molecule has 0 N–H and O–H groups in total. The molecule has 0 spiro atoms. The Bertz CT molecular complexity index is 259. The van der Waals surface area contributed by atoms with Gasteiger partial charge in [0.1, 0.15) is 10.3 Å². The Morgan fingerprint density at radius 1 is 1.30 bits per heavy atom. The zero-order valence-electron chi connectivity index (χ0n) is 4.43. The van der Waals surface area contributed by atoms with Gasteiger partial charge in [0.25, 0.3) is 5.91 Å². The predicted molar refractivity (Wildman–Crippen MR) is 48.3 cm³/mol. The molecule has 7 heteroatoms. The maximum Gasteiger partial charge on any atom is 0.255 e. The zero-order valence-corrected chi connectivity index (χ0v) is 8.35. The van der Waals surface area contributed by atoms with Crippen LogP contribution in [-0.4, -0.2) is 5.17 Å². The second-order valence-corrected chi connectivity index (χ2v) is 6.88. The molecule has 0 atom stereocenters. The molecule has 0 aromatic carbocycles. The van der Waals surface area contributed by atoms with E-state index in [1.165, 1.54) is 6.08 Å². The van der Waals surface area contributed by atoms with Crippen molar-refractivity contribution in [2.75, 3.05) is 0 Å². The average molecular weight is 238 g/mol. The summed E-state index contributed by atoms with van der Waals surface area (Å²) >= 11 is 22.1. The Balaban J connectivity index is 3.15. The highest BCUT2D eigenvalue weighted by Gasteiger charge is 2.15. The van der Waals surface area contributed by atoms with E-state index in [1.54, 1.807) is 0 Å². The largest absolute Gasteiger partial charge is 0.255 e. The van der Waals surface area contributed by atoms with E-state index in [9.17, 15) is 0 Å². The van der Waals surface area contributed by atoms with E-state index in [0.717, 1.165) is 0 Å². The molecule has 0 radical (unpaired) electrons. The van der Waals surface area contributed by atoms with Gasteiger partial charge in [-0.3, -0.25) is 0 Å². The third-order valence-corrected chi connectivity index (χ3v) is 3.11. The zero-order chi connectivity index (χ0) is 7.78. The summed E-state index contributed by atoms with van der Waals surface area (Å²) in [5.41, 5.74) is 0. The second-order valence-electron chi connectivity index (χ2n) is 1.45. The van der Waals surface area contributed by atoms with Gasteiger partial charge >= 0.3 is 0 Å². The molecule has 2 nitrogen and oxygen atoms in total. The van der Waals surface area contributed by atoms with E-state index in [-0.39, 0.29) is 10.3 Å². The van der Waals surface area contributed by atoms with Gasteiger partial charge in [-0.05, 0) is 22.5 Å². The van der Waals surface area contributed by atoms with Crippen molar-refractivity contribution in [3.63, 3.8) is 0 Å². The molecule has 0 saturated heterocycles. The number of hydrogen-bond acceptors (Lipinski definition) is 2. The summed E-state index contributed by atoms with van der Waals surface area (Å²) in [4.78, 5) is 0. The summed E-state index contributed by atoms with van der Waals surface area (Å²) in [5, 5.41) is 0.386. The fraction of sp³-hybridized carbons (Fsp3) is 0. The summed E-state index contributed by atoms with van der Waals surface area (Å²) in [7, 11) is 0. The fourth-order valence-corrected chi connectivity index (χ4v) is 3.39. The van der Waals surface area contributed by atoms with Crippen LogP contribution in [0.5, 0.6) is 0 Å². The minimum absolute atomic E-state index is 0.193. The lowest BCUT2D eigenvalue weighted by atomic mass is 10.7. The van der Waals surface area contributed by atoms with Crippen molar-refractivity contribution in [1.29, 1.82) is 0 Å². The molecule has 0 amide bonds. The van der Waals surface area contributed by atoms with Crippen molar-refractivity contribution in [3.8, 4) is 0 Å². The Hall–Kier alpha value is 0.800. The molecular formula is C3HCl4N2P. The SMILES string of the molecule is ClC1=CC(Cl)=NP(Cl)(Cl)=N1.